The van der Waals surface area contributed by atoms with Crippen molar-refractivity contribution in [2.75, 3.05) is 0 Å². The molecular weight excluding hydrogens is 229 g/mol. The van der Waals surface area contributed by atoms with Crippen LogP contribution in [-0.4, -0.2) is 6.10 Å². The van der Waals surface area contributed by atoms with Crippen molar-refractivity contribution >= 4 is 11.6 Å². The third-order valence-electron chi connectivity index (χ3n) is 2.82. The number of benzene rings is 1. The topological polar surface area (TPSA) is 21.3 Å². The van der Waals surface area contributed by atoms with Crippen molar-refractivity contribution in [3.63, 3.8) is 0 Å². The van der Waals surface area contributed by atoms with Crippen LogP contribution in [0.15, 0.2) is 18.2 Å². The lowest BCUT2D eigenvalue weighted by atomic mass is 10.2. The summed E-state index contributed by atoms with van der Waals surface area (Å²) in [6.45, 7) is 0.438. The summed E-state index contributed by atoms with van der Waals surface area (Å²) in [5, 5.41) is 0.559. The molecule has 0 saturated heterocycles. The zero-order chi connectivity index (χ0) is 11.4. The SMILES string of the molecule is Fc1ccc(Cl)c(CNOC2CCCC2)c1. The van der Waals surface area contributed by atoms with Crippen LogP contribution < -0.4 is 5.48 Å². The molecule has 0 unspecified atom stereocenters. The van der Waals surface area contributed by atoms with Gasteiger partial charge in [0.15, 0.2) is 0 Å². The van der Waals surface area contributed by atoms with E-state index in [0.29, 0.717) is 17.7 Å². The minimum atomic E-state index is -0.276. The molecule has 0 aliphatic heterocycles. The van der Waals surface area contributed by atoms with Crippen molar-refractivity contribution in [3.05, 3.63) is 34.6 Å². The fourth-order valence-corrected chi connectivity index (χ4v) is 2.11. The molecule has 0 atom stereocenters. The molecule has 1 aromatic carbocycles. The molecule has 0 aromatic heterocycles. The van der Waals surface area contributed by atoms with Crippen LogP contribution in [0.5, 0.6) is 0 Å². The van der Waals surface area contributed by atoms with Crippen molar-refractivity contribution < 1.29 is 9.23 Å². The van der Waals surface area contributed by atoms with Crippen LogP contribution >= 0.6 is 11.6 Å². The van der Waals surface area contributed by atoms with Gasteiger partial charge in [-0.05, 0) is 36.6 Å². The van der Waals surface area contributed by atoms with E-state index in [4.69, 9.17) is 16.4 Å². The quantitative estimate of drug-likeness (QED) is 0.818. The van der Waals surface area contributed by atoms with Gasteiger partial charge in [0.1, 0.15) is 5.82 Å². The van der Waals surface area contributed by atoms with E-state index in [9.17, 15) is 4.39 Å². The van der Waals surface area contributed by atoms with Gasteiger partial charge in [-0.2, -0.15) is 5.48 Å². The van der Waals surface area contributed by atoms with Crippen LogP contribution in [0.4, 0.5) is 4.39 Å². The molecule has 16 heavy (non-hydrogen) atoms. The van der Waals surface area contributed by atoms with E-state index in [1.54, 1.807) is 6.07 Å². The zero-order valence-electron chi connectivity index (χ0n) is 9.01. The van der Waals surface area contributed by atoms with Crippen molar-refractivity contribution in [2.24, 2.45) is 0 Å². The molecule has 2 nitrogen and oxygen atoms in total. The zero-order valence-corrected chi connectivity index (χ0v) is 9.77. The molecule has 1 aliphatic rings. The van der Waals surface area contributed by atoms with Crippen molar-refractivity contribution in [1.82, 2.24) is 5.48 Å². The van der Waals surface area contributed by atoms with Gasteiger partial charge in [-0.1, -0.05) is 24.4 Å². The Morgan fingerprint density at radius 3 is 2.88 bits per heavy atom. The van der Waals surface area contributed by atoms with Gasteiger partial charge in [0, 0.05) is 11.6 Å². The summed E-state index contributed by atoms with van der Waals surface area (Å²) >= 11 is 5.93. The van der Waals surface area contributed by atoms with Crippen LogP contribution in [0.25, 0.3) is 0 Å². The summed E-state index contributed by atoms with van der Waals surface area (Å²) < 4.78 is 12.9. The van der Waals surface area contributed by atoms with Crippen molar-refractivity contribution in [1.29, 1.82) is 0 Å². The first-order valence-corrected chi connectivity index (χ1v) is 5.96. The molecule has 1 aromatic rings. The summed E-state index contributed by atoms with van der Waals surface area (Å²) in [5.74, 6) is -0.276. The van der Waals surface area contributed by atoms with Crippen LogP contribution in [0.3, 0.4) is 0 Å². The van der Waals surface area contributed by atoms with E-state index >= 15 is 0 Å². The van der Waals surface area contributed by atoms with Gasteiger partial charge < -0.3 is 0 Å². The predicted octanol–water partition coefficient (Wildman–Crippen LogP) is 3.44. The number of halogens is 2. The Bertz CT molecular complexity index is 353. The lowest BCUT2D eigenvalue weighted by molar-refractivity contribution is -0.0244. The Balaban J connectivity index is 1.82. The molecule has 1 saturated carbocycles. The molecule has 0 bridgehead atoms. The first-order valence-electron chi connectivity index (χ1n) is 5.58. The minimum absolute atomic E-state index is 0.276. The third kappa shape index (κ3) is 3.17. The second-order valence-electron chi connectivity index (χ2n) is 4.08. The molecule has 2 rings (SSSR count). The number of hydrogen-bond donors (Lipinski definition) is 1. The monoisotopic (exact) mass is 243 g/mol. The molecule has 0 radical (unpaired) electrons. The lowest BCUT2D eigenvalue weighted by Gasteiger charge is -2.12. The average Bonchev–Trinajstić information content (AvgIpc) is 2.76. The molecule has 0 amide bonds. The van der Waals surface area contributed by atoms with Gasteiger partial charge in [-0.15, -0.1) is 0 Å². The van der Waals surface area contributed by atoms with Gasteiger partial charge in [0.2, 0.25) is 0 Å². The number of rotatable bonds is 4. The van der Waals surface area contributed by atoms with E-state index in [0.717, 1.165) is 18.4 Å². The van der Waals surface area contributed by atoms with Gasteiger partial charge in [-0.3, -0.25) is 4.84 Å². The van der Waals surface area contributed by atoms with E-state index < -0.39 is 0 Å². The number of hydroxylamine groups is 1. The number of hydrogen-bond acceptors (Lipinski definition) is 2. The van der Waals surface area contributed by atoms with E-state index in [1.807, 2.05) is 0 Å². The third-order valence-corrected chi connectivity index (χ3v) is 3.19. The van der Waals surface area contributed by atoms with Gasteiger partial charge >= 0.3 is 0 Å². The Morgan fingerprint density at radius 2 is 2.12 bits per heavy atom. The molecular formula is C12H15ClFNO. The molecule has 4 heteroatoms. The lowest BCUT2D eigenvalue weighted by Crippen LogP contribution is -2.21. The maximum Gasteiger partial charge on any atom is 0.123 e. The van der Waals surface area contributed by atoms with E-state index in [2.05, 4.69) is 5.48 Å². The molecule has 88 valence electrons. The Hall–Kier alpha value is -0.640. The van der Waals surface area contributed by atoms with Crippen molar-refractivity contribution in [2.45, 2.75) is 38.3 Å². The molecule has 0 heterocycles. The van der Waals surface area contributed by atoms with Gasteiger partial charge in [-0.25, -0.2) is 4.39 Å². The Morgan fingerprint density at radius 1 is 1.38 bits per heavy atom. The molecule has 1 aliphatic carbocycles. The predicted molar refractivity (Wildman–Crippen MR) is 61.6 cm³/mol. The second kappa shape index (κ2) is 5.62. The van der Waals surface area contributed by atoms with Crippen LogP contribution in [-0.2, 0) is 11.4 Å². The Kier molecular flexibility index (Phi) is 4.16. The summed E-state index contributed by atoms with van der Waals surface area (Å²) in [7, 11) is 0. The second-order valence-corrected chi connectivity index (χ2v) is 4.49. The van der Waals surface area contributed by atoms with Crippen LogP contribution in [0.2, 0.25) is 5.02 Å². The summed E-state index contributed by atoms with van der Waals surface area (Å²) in [5.41, 5.74) is 3.58. The van der Waals surface area contributed by atoms with E-state index in [1.165, 1.54) is 25.0 Å². The standard InChI is InChI=1S/C12H15ClFNO/c13-12-6-5-10(14)7-9(12)8-15-16-11-3-1-2-4-11/h5-7,11,15H,1-4,8H2. The highest BCUT2D eigenvalue weighted by Gasteiger charge is 2.15. The smallest absolute Gasteiger partial charge is 0.123 e. The highest BCUT2D eigenvalue weighted by atomic mass is 35.5. The molecule has 1 fully saturated rings. The molecule has 0 spiro atoms. The normalized spacial score (nSPS) is 16.9. The van der Waals surface area contributed by atoms with Gasteiger partial charge in [0.05, 0.1) is 6.10 Å². The first-order chi connectivity index (χ1) is 7.75. The Labute approximate surface area is 99.7 Å². The fourth-order valence-electron chi connectivity index (χ4n) is 1.92. The van der Waals surface area contributed by atoms with Gasteiger partial charge in [0.25, 0.3) is 0 Å². The largest absolute Gasteiger partial charge is 0.298 e. The fraction of sp³-hybridized carbons (Fsp3) is 0.500. The molecule has 1 N–H and O–H groups in total. The minimum Gasteiger partial charge on any atom is -0.298 e. The van der Waals surface area contributed by atoms with Crippen molar-refractivity contribution in [3.8, 4) is 0 Å². The number of nitrogens with one attached hydrogen (secondary N) is 1. The first kappa shape index (κ1) is 11.8. The summed E-state index contributed by atoms with van der Waals surface area (Å²) in [6, 6.07) is 4.33. The van der Waals surface area contributed by atoms with Crippen LogP contribution in [0.1, 0.15) is 31.2 Å². The summed E-state index contributed by atoms with van der Waals surface area (Å²) in [6.07, 6.45) is 4.96. The van der Waals surface area contributed by atoms with Crippen LogP contribution in [0, 0.1) is 5.82 Å². The van der Waals surface area contributed by atoms with E-state index in [-0.39, 0.29) is 5.82 Å². The maximum absolute atomic E-state index is 12.9. The highest BCUT2D eigenvalue weighted by Crippen LogP contribution is 2.21. The highest BCUT2D eigenvalue weighted by molar-refractivity contribution is 6.31. The average molecular weight is 244 g/mol. The maximum atomic E-state index is 12.9. The summed E-state index contributed by atoms with van der Waals surface area (Å²) in [4.78, 5) is 5.47.